The number of halogens is 6. The van der Waals surface area contributed by atoms with E-state index < -0.39 is 23.5 Å². The fraction of sp³-hybridized carbons (Fsp3) is 0.0323. The molecule has 0 aliphatic rings. The van der Waals surface area contributed by atoms with E-state index in [4.69, 9.17) is 5.48 Å². The number of para-hydroxylation sites is 1. The first-order valence-electron chi connectivity index (χ1n) is 24.1. The summed E-state index contributed by atoms with van der Waals surface area (Å²) in [5.41, 5.74) is 7.56. The second-order valence-corrected chi connectivity index (χ2v) is 16.8. The summed E-state index contributed by atoms with van der Waals surface area (Å²) < 4.78 is 123. The molecule has 334 valence electrons. The highest BCUT2D eigenvalue weighted by Gasteiger charge is 2.37. The number of aromatic nitrogens is 1. The van der Waals surface area contributed by atoms with Crippen molar-refractivity contribution in [3.8, 4) is 83.6 Å². The first kappa shape index (κ1) is 38.7. The Morgan fingerprint density at radius 2 is 0.638 bits per heavy atom. The molecule has 11 rings (SSSR count). The standard InChI is InChI=1S/C62H39F6N/c63-61(64,65)53-35-52(36-54(39-53)62(66,67)68)55-23-13-14-24-58(55)69-59-27-25-44(50-31-46(40-15-5-1-6-16-40)29-47(32-50)41-17-7-2-8-18-41)37-56(59)57-38-45(26-28-60(57)69)51-33-48(42-19-9-3-10-20-42)30-49(34-51)43-21-11-4-12-22-43/h1-39H/i15D,17D,19D,21D. The minimum atomic E-state index is -5.06. The zero-order valence-corrected chi connectivity index (χ0v) is 36.4. The van der Waals surface area contributed by atoms with Crippen LogP contribution >= 0.6 is 0 Å². The highest BCUT2D eigenvalue weighted by molar-refractivity contribution is 6.12. The van der Waals surface area contributed by atoms with Gasteiger partial charge in [0.2, 0.25) is 0 Å². The molecule has 10 aromatic carbocycles. The van der Waals surface area contributed by atoms with Gasteiger partial charge in [-0.25, -0.2) is 0 Å². The lowest BCUT2D eigenvalue weighted by Gasteiger charge is -2.18. The first-order valence-corrected chi connectivity index (χ1v) is 22.1. The van der Waals surface area contributed by atoms with Crippen LogP contribution in [-0.4, -0.2) is 4.57 Å². The van der Waals surface area contributed by atoms with Gasteiger partial charge in [0.15, 0.2) is 0 Å². The van der Waals surface area contributed by atoms with Gasteiger partial charge in [0, 0.05) is 16.3 Å². The molecule has 0 unspecified atom stereocenters. The molecule has 0 N–H and O–H groups in total. The van der Waals surface area contributed by atoms with Crippen molar-refractivity contribution in [2.75, 3.05) is 0 Å². The van der Waals surface area contributed by atoms with Crippen LogP contribution in [0.25, 0.3) is 105 Å². The fourth-order valence-electron chi connectivity index (χ4n) is 9.17. The van der Waals surface area contributed by atoms with Crippen LogP contribution in [0.3, 0.4) is 0 Å². The van der Waals surface area contributed by atoms with E-state index >= 15 is 0 Å². The lowest BCUT2D eigenvalue weighted by Crippen LogP contribution is -2.11. The molecule has 0 atom stereocenters. The predicted octanol–water partition coefficient (Wildman–Crippen LogP) is 18.5. The van der Waals surface area contributed by atoms with Gasteiger partial charge in [0.25, 0.3) is 0 Å². The minimum absolute atomic E-state index is 0.132. The molecule has 11 aromatic rings. The van der Waals surface area contributed by atoms with Crippen LogP contribution in [0, 0.1) is 0 Å². The Bertz CT molecular complexity index is 3610. The van der Waals surface area contributed by atoms with Crippen LogP contribution in [0.4, 0.5) is 26.3 Å². The van der Waals surface area contributed by atoms with E-state index in [2.05, 4.69) is 0 Å². The van der Waals surface area contributed by atoms with Gasteiger partial charge < -0.3 is 4.57 Å². The number of benzene rings is 10. The predicted molar refractivity (Wildman–Crippen MR) is 269 cm³/mol. The first-order chi connectivity index (χ1) is 35.1. The van der Waals surface area contributed by atoms with Crippen molar-refractivity contribution in [2.24, 2.45) is 0 Å². The molecule has 0 amide bonds. The Kier molecular flexibility index (Phi) is 9.72. The van der Waals surface area contributed by atoms with Crippen LogP contribution in [0.15, 0.2) is 236 Å². The number of hydrogen-bond acceptors (Lipinski definition) is 0. The molecule has 69 heavy (non-hydrogen) atoms. The average molecular weight is 916 g/mol. The Balaban J connectivity index is 1.19. The lowest BCUT2D eigenvalue weighted by atomic mass is 9.92. The molecule has 0 fully saturated rings. The Morgan fingerprint density at radius 1 is 0.290 bits per heavy atom. The van der Waals surface area contributed by atoms with Crippen molar-refractivity contribution in [3.05, 3.63) is 248 Å². The van der Waals surface area contributed by atoms with E-state index in [0.717, 1.165) is 67.4 Å². The van der Waals surface area contributed by atoms with Gasteiger partial charge in [-0.15, -0.1) is 0 Å². The monoisotopic (exact) mass is 915 g/mol. The summed E-state index contributed by atoms with van der Waals surface area (Å²) in [4.78, 5) is 0. The molecule has 1 aromatic heterocycles. The molecule has 1 heterocycles. The Hall–Kier alpha value is -8.42. The molecule has 0 saturated heterocycles. The summed E-state index contributed by atoms with van der Waals surface area (Å²) in [5, 5.41) is 1.45. The minimum Gasteiger partial charge on any atom is -0.309 e. The summed E-state index contributed by atoms with van der Waals surface area (Å²) in [5.74, 6) is 0. The zero-order valence-electron chi connectivity index (χ0n) is 40.4. The number of rotatable bonds is 8. The highest BCUT2D eigenvalue weighted by Crippen LogP contribution is 2.44. The third kappa shape index (κ3) is 8.48. The lowest BCUT2D eigenvalue weighted by molar-refractivity contribution is -0.143. The smallest absolute Gasteiger partial charge is 0.309 e. The van der Waals surface area contributed by atoms with Gasteiger partial charge in [0.05, 0.1) is 33.3 Å². The van der Waals surface area contributed by atoms with E-state index in [1.165, 1.54) is 6.07 Å². The second kappa shape index (κ2) is 17.3. The normalized spacial score (nSPS) is 12.7. The van der Waals surface area contributed by atoms with Crippen molar-refractivity contribution < 1.29 is 31.8 Å². The van der Waals surface area contributed by atoms with Gasteiger partial charge in [-0.05, 0) is 157 Å². The molecule has 1 nitrogen and oxygen atoms in total. The van der Waals surface area contributed by atoms with Gasteiger partial charge in [-0.2, -0.15) is 26.3 Å². The van der Waals surface area contributed by atoms with E-state index in [1.807, 2.05) is 126 Å². The summed E-state index contributed by atoms with van der Waals surface area (Å²) >= 11 is 0. The maximum atomic E-state index is 14.4. The summed E-state index contributed by atoms with van der Waals surface area (Å²) in [7, 11) is 0. The topological polar surface area (TPSA) is 4.93 Å². The average Bonchev–Trinajstić information content (AvgIpc) is 3.71. The number of alkyl halides is 6. The maximum Gasteiger partial charge on any atom is 0.416 e. The van der Waals surface area contributed by atoms with Crippen molar-refractivity contribution in [1.82, 2.24) is 4.57 Å². The van der Waals surface area contributed by atoms with E-state index in [-0.39, 0.29) is 17.2 Å². The van der Waals surface area contributed by atoms with Crippen LogP contribution < -0.4 is 0 Å². The molecule has 0 bridgehead atoms. The zero-order chi connectivity index (χ0) is 50.8. The Labute approximate surface area is 400 Å². The summed E-state index contributed by atoms with van der Waals surface area (Å²) in [6.07, 6.45) is -10.1. The van der Waals surface area contributed by atoms with Gasteiger partial charge in [-0.3, -0.25) is 0 Å². The van der Waals surface area contributed by atoms with E-state index in [0.29, 0.717) is 63.1 Å². The summed E-state index contributed by atoms with van der Waals surface area (Å²) in [6.45, 7) is 0. The van der Waals surface area contributed by atoms with E-state index in [9.17, 15) is 26.3 Å². The van der Waals surface area contributed by atoms with Crippen LogP contribution in [-0.2, 0) is 12.4 Å². The molecule has 7 heteroatoms. The van der Waals surface area contributed by atoms with E-state index in [1.54, 1.807) is 66.7 Å². The Morgan fingerprint density at radius 3 is 1.00 bits per heavy atom. The second-order valence-electron chi connectivity index (χ2n) is 16.8. The van der Waals surface area contributed by atoms with Crippen LogP contribution in [0.1, 0.15) is 16.6 Å². The van der Waals surface area contributed by atoms with Crippen molar-refractivity contribution in [2.45, 2.75) is 12.4 Å². The SMILES string of the molecule is [2H]c1ccccc1-c1cc(-c2ccc3c(c2)c2cc(-c4cc(-c5ccccc5[2H])cc(-c5ccccc5[2H])c4)ccc2n3-c2ccccc2-c2cc(C(F)(F)F)cc(C(F)(F)F)c2)cc(-c2ccccc2[2H])c1. The molecular formula is C62H39F6N. The molecule has 0 radical (unpaired) electrons. The summed E-state index contributed by atoms with van der Waals surface area (Å²) in [6, 6.07) is 62.0. The third-order valence-corrected chi connectivity index (χ3v) is 12.4. The van der Waals surface area contributed by atoms with Crippen molar-refractivity contribution in [1.29, 1.82) is 0 Å². The van der Waals surface area contributed by atoms with Crippen LogP contribution in [0.5, 0.6) is 0 Å². The van der Waals surface area contributed by atoms with Gasteiger partial charge in [-0.1, -0.05) is 152 Å². The molecular weight excluding hydrogens is 873 g/mol. The maximum absolute atomic E-state index is 14.4. The molecule has 0 aliphatic heterocycles. The van der Waals surface area contributed by atoms with Gasteiger partial charge >= 0.3 is 12.4 Å². The molecule has 0 aliphatic carbocycles. The quantitative estimate of drug-likeness (QED) is 0.134. The van der Waals surface area contributed by atoms with Crippen molar-refractivity contribution >= 4 is 21.8 Å². The molecule has 0 spiro atoms. The largest absolute Gasteiger partial charge is 0.416 e. The van der Waals surface area contributed by atoms with Crippen molar-refractivity contribution in [3.63, 3.8) is 0 Å². The highest BCUT2D eigenvalue weighted by atomic mass is 19.4. The number of nitrogens with zero attached hydrogens (tertiary/aromatic N) is 1. The van der Waals surface area contributed by atoms with Gasteiger partial charge in [0.1, 0.15) is 0 Å². The number of hydrogen-bond donors (Lipinski definition) is 0. The fourth-order valence-corrected chi connectivity index (χ4v) is 9.17. The number of fused-ring (bicyclic) bond motifs is 3. The third-order valence-electron chi connectivity index (χ3n) is 12.4. The molecule has 0 saturated carbocycles. The van der Waals surface area contributed by atoms with Crippen LogP contribution in [0.2, 0.25) is 0 Å².